The van der Waals surface area contributed by atoms with Crippen LogP contribution in [-0.2, 0) is 9.47 Å². The molecular weight excluding hydrogens is 248 g/mol. The first-order chi connectivity index (χ1) is 9.85. The van der Waals surface area contributed by atoms with Gasteiger partial charge in [-0.1, -0.05) is 60.7 Å². The van der Waals surface area contributed by atoms with Gasteiger partial charge < -0.3 is 9.47 Å². The minimum Gasteiger partial charge on any atom is -0.377 e. The van der Waals surface area contributed by atoms with E-state index in [4.69, 9.17) is 9.47 Å². The van der Waals surface area contributed by atoms with Crippen LogP contribution in [0.3, 0.4) is 0 Å². The average Bonchev–Trinajstić information content (AvgIpc) is 2.53. The molecular formula is C18H22O2. The molecule has 2 nitrogen and oxygen atoms in total. The molecule has 2 rings (SSSR count). The molecule has 106 valence electrons. The second kappa shape index (κ2) is 7.83. The van der Waals surface area contributed by atoms with Gasteiger partial charge in [-0.25, -0.2) is 0 Å². The van der Waals surface area contributed by atoms with Crippen LogP contribution in [-0.4, -0.2) is 14.2 Å². The van der Waals surface area contributed by atoms with Gasteiger partial charge in [-0.2, -0.15) is 0 Å². The molecule has 0 aliphatic heterocycles. The number of hydrogen-bond donors (Lipinski definition) is 0. The van der Waals surface area contributed by atoms with Gasteiger partial charge in [0.1, 0.15) is 0 Å². The number of ether oxygens (including phenoxy) is 2. The van der Waals surface area contributed by atoms with Crippen LogP contribution in [0.5, 0.6) is 0 Å². The summed E-state index contributed by atoms with van der Waals surface area (Å²) in [5.41, 5.74) is 2.44. The van der Waals surface area contributed by atoms with Gasteiger partial charge in [0.25, 0.3) is 0 Å². The number of rotatable bonds is 7. The lowest BCUT2D eigenvalue weighted by Gasteiger charge is -2.20. The Balaban J connectivity index is 1.99. The maximum atomic E-state index is 5.61. The highest BCUT2D eigenvalue weighted by Gasteiger charge is 2.15. The lowest BCUT2D eigenvalue weighted by atomic mass is 9.99. The summed E-state index contributed by atoms with van der Waals surface area (Å²) in [6, 6.07) is 20.7. The molecule has 2 heteroatoms. The van der Waals surface area contributed by atoms with Crippen LogP contribution in [0.1, 0.15) is 36.2 Å². The number of methoxy groups -OCH3 is 2. The topological polar surface area (TPSA) is 18.5 Å². The fourth-order valence-corrected chi connectivity index (χ4v) is 2.48. The zero-order valence-electron chi connectivity index (χ0n) is 12.2. The minimum absolute atomic E-state index is 0.123. The molecule has 2 atom stereocenters. The van der Waals surface area contributed by atoms with Crippen LogP contribution < -0.4 is 0 Å². The van der Waals surface area contributed by atoms with Crippen molar-refractivity contribution in [1.29, 1.82) is 0 Å². The molecule has 0 bridgehead atoms. The zero-order valence-corrected chi connectivity index (χ0v) is 12.2. The van der Waals surface area contributed by atoms with Crippen molar-refractivity contribution in [2.24, 2.45) is 0 Å². The minimum atomic E-state index is 0.123. The van der Waals surface area contributed by atoms with E-state index in [1.165, 1.54) is 11.1 Å². The standard InChI is InChI=1S/C18H22O2/c1-19-17(15-9-5-3-6-10-15)13-14-18(20-2)16-11-7-4-8-12-16/h3-12,17-18H,13-14H2,1-2H3. The van der Waals surface area contributed by atoms with Crippen LogP contribution in [0.4, 0.5) is 0 Å². The van der Waals surface area contributed by atoms with Crippen molar-refractivity contribution in [3.8, 4) is 0 Å². The van der Waals surface area contributed by atoms with Crippen molar-refractivity contribution in [3.05, 3.63) is 71.8 Å². The van der Waals surface area contributed by atoms with E-state index in [0.29, 0.717) is 0 Å². The summed E-state index contributed by atoms with van der Waals surface area (Å²) in [6.45, 7) is 0. The Hall–Kier alpha value is -1.64. The summed E-state index contributed by atoms with van der Waals surface area (Å²) in [6.07, 6.45) is 2.12. The molecule has 20 heavy (non-hydrogen) atoms. The molecule has 0 heterocycles. The van der Waals surface area contributed by atoms with E-state index in [-0.39, 0.29) is 12.2 Å². The first-order valence-corrected chi connectivity index (χ1v) is 7.00. The van der Waals surface area contributed by atoms with Crippen molar-refractivity contribution >= 4 is 0 Å². The quantitative estimate of drug-likeness (QED) is 0.735. The van der Waals surface area contributed by atoms with Crippen molar-refractivity contribution in [1.82, 2.24) is 0 Å². The Kier molecular flexibility index (Phi) is 5.78. The first kappa shape index (κ1) is 14.8. The Bertz CT molecular complexity index is 434. The van der Waals surface area contributed by atoms with Gasteiger partial charge in [-0.05, 0) is 24.0 Å². The van der Waals surface area contributed by atoms with Gasteiger partial charge in [0.15, 0.2) is 0 Å². The molecule has 2 aromatic rings. The second-order valence-electron chi connectivity index (χ2n) is 4.85. The Morgan fingerprint density at radius 1 is 0.650 bits per heavy atom. The van der Waals surface area contributed by atoms with Crippen molar-refractivity contribution in [2.45, 2.75) is 25.0 Å². The molecule has 2 unspecified atom stereocenters. The molecule has 0 N–H and O–H groups in total. The molecule has 0 aromatic heterocycles. The molecule has 0 spiro atoms. The lowest BCUT2D eigenvalue weighted by Crippen LogP contribution is -2.07. The Labute approximate surface area is 121 Å². The predicted molar refractivity (Wildman–Crippen MR) is 81.6 cm³/mol. The highest BCUT2D eigenvalue weighted by atomic mass is 16.5. The molecule has 0 saturated carbocycles. The van der Waals surface area contributed by atoms with Crippen LogP contribution in [0, 0.1) is 0 Å². The van der Waals surface area contributed by atoms with Crippen LogP contribution in [0.15, 0.2) is 60.7 Å². The maximum Gasteiger partial charge on any atom is 0.0822 e. The van der Waals surface area contributed by atoms with E-state index in [1.54, 1.807) is 14.2 Å². The van der Waals surface area contributed by atoms with Crippen molar-refractivity contribution in [3.63, 3.8) is 0 Å². The highest BCUT2D eigenvalue weighted by molar-refractivity contribution is 5.19. The molecule has 0 aliphatic carbocycles. The largest absolute Gasteiger partial charge is 0.377 e. The third kappa shape index (κ3) is 3.92. The molecule has 0 radical (unpaired) electrons. The van der Waals surface area contributed by atoms with Gasteiger partial charge in [0.05, 0.1) is 12.2 Å². The number of hydrogen-bond acceptors (Lipinski definition) is 2. The first-order valence-electron chi connectivity index (χ1n) is 7.00. The average molecular weight is 270 g/mol. The van der Waals surface area contributed by atoms with Gasteiger partial charge >= 0.3 is 0 Å². The third-order valence-electron chi connectivity index (χ3n) is 3.60. The van der Waals surface area contributed by atoms with E-state index >= 15 is 0 Å². The summed E-state index contributed by atoms with van der Waals surface area (Å²) in [7, 11) is 3.53. The normalized spacial score (nSPS) is 13.9. The van der Waals surface area contributed by atoms with Crippen molar-refractivity contribution in [2.75, 3.05) is 14.2 Å². The molecule has 0 aliphatic rings. The van der Waals surface area contributed by atoms with Gasteiger partial charge in [0, 0.05) is 14.2 Å². The van der Waals surface area contributed by atoms with Gasteiger partial charge in [0.2, 0.25) is 0 Å². The predicted octanol–water partition coefficient (Wildman–Crippen LogP) is 4.54. The third-order valence-corrected chi connectivity index (χ3v) is 3.60. The maximum absolute atomic E-state index is 5.61. The summed E-state index contributed by atoms with van der Waals surface area (Å²) in [5, 5.41) is 0. The van der Waals surface area contributed by atoms with Crippen LogP contribution in [0.25, 0.3) is 0 Å². The summed E-state index contributed by atoms with van der Waals surface area (Å²) in [5.74, 6) is 0. The summed E-state index contributed by atoms with van der Waals surface area (Å²) >= 11 is 0. The fourth-order valence-electron chi connectivity index (χ4n) is 2.48. The number of benzene rings is 2. The van der Waals surface area contributed by atoms with Gasteiger partial charge in [-0.15, -0.1) is 0 Å². The summed E-state index contributed by atoms with van der Waals surface area (Å²) < 4.78 is 11.2. The van der Waals surface area contributed by atoms with Crippen molar-refractivity contribution < 1.29 is 9.47 Å². The molecule has 0 fully saturated rings. The Morgan fingerprint density at radius 2 is 1.00 bits per heavy atom. The molecule has 2 aromatic carbocycles. The van der Waals surface area contributed by atoms with E-state index in [2.05, 4.69) is 24.3 Å². The SMILES string of the molecule is COC(CCC(OC)c1ccccc1)c1ccccc1. The van der Waals surface area contributed by atoms with E-state index in [0.717, 1.165) is 12.8 Å². The monoisotopic (exact) mass is 270 g/mol. The van der Waals surface area contributed by atoms with Crippen LogP contribution >= 0.6 is 0 Å². The smallest absolute Gasteiger partial charge is 0.0822 e. The summed E-state index contributed by atoms with van der Waals surface area (Å²) in [4.78, 5) is 0. The van der Waals surface area contributed by atoms with Crippen LogP contribution in [0.2, 0.25) is 0 Å². The van der Waals surface area contributed by atoms with E-state index in [1.807, 2.05) is 36.4 Å². The van der Waals surface area contributed by atoms with E-state index in [9.17, 15) is 0 Å². The molecule has 0 amide bonds. The lowest BCUT2D eigenvalue weighted by molar-refractivity contribution is 0.0530. The van der Waals surface area contributed by atoms with E-state index < -0.39 is 0 Å². The fraction of sp³-hybridized carbons (Fsp3) is 0.333. The molecule has 0 saturated heterocycles. The Morgan fingerprint density at radius 3 is 1.30 bits per heavy atom. The highest BCUT2D eigenvalue weighted by Crippen LogP contribution is 2.28. The second-order valence-corrected chi connectivity index (χ2v) is 4.85. The zero-order chi connectivity index (χ0) is 14.2. The van der Waals surface area contributed by atoms with Gasteiger partial charge in [-0.3, -0.25) is 0 Å².